The van der Waals surface area contributed by atoms with E-state index in [-0.39, 0.29) is 5.91 Å². The van der Waals surface area contributed by atoms with E-state index in [1.807, 2.05) is 24.3 Å². The van der Waals surface area contributed by atoms with Crippen molar-refractivity contribution in [1.82, 2.24) is 5.43 Å². The van der Waals surface area contributed by atoms with E-state index in [1.165, 1.54) is 6.21 Å². The first-order chi connectivity index (χ1) is 13.1. The minimum Gasteiger partial charge on any atom is -0.497 e. The number of hydrogen-bond acceptors (Lipinski definition) is 5. The van der Waals surface area contributed by atoms with Crippen molar-refractivity contribution >= 4 is 28.1 Å². The van der Waals surface area contributed by atoms with Gasteiger partial charge in [0.25, 0.3) is 11.9 Å². The second kappa shape index (κ2) is 9.05. The smallest absolute Gasteiger partial charge is 0.285 e. The van der Waals surface area contributed by atoms with Gasteiger partial charge in [0.1, 0.15) is 12.4 Å². The molecule has 0 saturated heterocycles. The van der Waals surface area contributed by atoms with Gasteiger partial charge in [-0.2, -0.15) is 5.10 Å². The van der Waals surface area contributed by atoms with E-state index in [1.54, 1.807) is 43.5 Å². The molecule has 3 rings (SSSR count). The third-order valence-electron chi connectivity index (χ3n) is 3.61. The molecule has 0 radical (unpaired) electrons. The van der Waals surface area contributed by atoms with Gasteiger partial charge < -0.3 is 13.9 Å². The molecule has 0 atom stereocenters. The van der Waals surface area contributed by atoms with Gasteiger partial charge in [0.15, 0.2) is 5.76 Å². The van der Waals surface area contributed by atoms with Crippen LogP contribution in [0.5, 0.6) is 11.7 Å². The summed E-state index contributed by atoms with van der Waals surface area (Å²) in [5, 5.41) is 3.89. The zero-order valence-corrected chi connectivity index (χ0v) is 16.1. The van der Waals surface area contributed by atoms with E-state index in [9.17, 15) is 4.79 Å². The zero-order valence-electron chi connectivity index (χ0n) is 14.5. The molecule has 27 heavy (non-hydrogen) atoms. The second-order valence-electron chi connectivity index (χ2n) is 5.50. The molecule has 1 N–H and O–H groups in total. The molecule has 7 heteroatoms. The number of benzene rings is 2. The van der Waals surface area contributed by atoms with Crippen LogP contribution in [0.4, 0.5) is 0 Å². The van der Waals surface area contributed by atoms with Crippen molar-refractivity contribution in [2.75, 3.05) is 7.11 Å². The van der Waals surface area contributed by atoms with Crippen LogP contribution in [0.3, 0.4) is 0 Å². The Morgan fingerprint density at radius 1 is 1.11 bits per heavy atom. The van der Waals surface area contributed by atoms with E-state index >= 15 is 0 Å². The van der Waals surface area contributed by atoms with Crippen LogP contribution in [-0.4, -0.2) is 19.2 Å². The summed E-state index contributed by atoms with van der Waals surface area (Å²) in [5.74, 6) is 1.32. The fraction of sp³-hybridized carbons (Fsp3) is 0.100. The lowest BCUT2D eigenvalue weighted by molar-refractivity contribution is 0.0955. The van der Waals surface area contributed by atoms with Gasteiger partial charge >= 0.3 is 0 Å². The van der Waals surface area contributed by atoms with Crippen molar-refractivity contribution in [3.8, 4) is 11.7 Å². The topological polar surface area (TPSA) is 73.1 Å². The van der Waals surface area contributed by atoms with Gasteiger partial charge in [-0.05, 0) is 48.0 Å². The lowest BCUT2D eigenvalue weighted by atomic mass is 10.2. The highest BCUT2D eigenvalue weighted by molar-refractivity contribution is 9.10. The summed E-state index contributed by atoms with van der Waals surface area (Å²) in [6.45, 7) is 0.369. The van der Waals surface area contributed by atoms with Gasteiger partial charge in [0, 0.05) is 16.1 Å². The molecule has 0 aliphatic rings. The number of rotatable bonds is 7. The summed E-state index contributed by atoms with van der Waals surface area (Å²) < 4.78 is 17.1. The van der Waals surface area contributed by atoms with Crippen molar-refractivity contribution in [2.24, 2.45) is 5.10 Å². The Morgan fingerprint density at radius 2 is 1.85 bits per heavy atom. The summed E-state index contributed by atoms with van der Waals surface area (Å²) in [6.07, 6.45) is 1.41. The molecular formula is C20H17BrN2O4. The maximum Gasteiger partial charge on any atom is 0.285 e. The Bertz CT molecular complexity index is 918. The highest BCUT2D eigenvalue weighted by Gasteiger charge is 2.05. The third kappa shape index (κ3) is 5.46. The van der Waals surface area contributed by atoms with Gasteiger partial charge in [-0.25, -0.2) is 5.43 Å². The predicted octanol–water partition coefficient (Wildman–Crippen LogP) is 4.39. The van der Waals surface area contributed by atoms with E-state index in [0.717, 1.165) is 15.8 Å². The first-order valence-corrected chi connectivity index (χ1v) is 8.88. The monoisotopic (exact) mass is 428 g/mol. The number of carbonyl (C=O) groups excluding carboxylic acids is 1. The number of furan rings is 1. The standard InChI is InChI=1S/C20H17BrN2O4/c1-25-17-8-2-14(3-9-17)13-26-19-11-10-18(27-19)12-22-23-20(24)15-4-6-16(21)7-5-15/h2-12H,13H2,1H3,(H,23,24)/b22-12+. The molecule has 0 aliphatic heterocycles. The van der Waals surface area contributed by atoms with Crippen molar-refractivity contribution in [1.29, 1.82) is 0 Å². The molecule has 1 amide bonds. The summed E-state index contributed by atoms with van der Waals surface area (Å²) in [5.41, 5.74) is 3.95. The average molecular weight is 429 g/mol. The highest BCUT2D eigenvalue weighted by atomic mass is 79.9. The van der Waals surface area contributed by atoms with Gasteiger partial charge in [0.2, 0.25) is 0 Å². The lowest BCUT2D eigenvalue weighted by Gasteiger charge is -2.04. The summed E-state index contributed by atoms with van der Waals surface area (Å²) in [4.78, 5) is 12.0. The molecule has 6 nitrogen and oxygen atoms in total. The van der Waals surface area contributed by atoms with Crippen molar-refractivity contribution < 1.29 is 18.7 Å². The second-order valence-corrected chi connectivity index (χ2v) is 6.42. The number of hydrogen-bond donors (Lipinski definition) is 1. The summed E-state index contributed by atoms with van der Waals surface area (Å²) in [6, 6.07) is 18.0. The molecule has 0 bridgehead atoms. The number of carbonyl (C=O) groups is 1. The zero-order chi connectivity index (χ0) is 19.1. The van der Waals surface area contributed by atoms with Gasteiger partial charge in [-0.1, -0.05) is 28.1 Å². The first-order valence-electron chi connectivity index (χ1n) is 8.08. The van der Waals surface area contributed by atoms with Gasteiger partial charge in [-0.3, -0.25) is 4.79 Å². The maximum atomic E-state index is 12.0. The van der Waals surface area contributed by atoms with Crippen LogP contribution < -0.4 is 14.9 Å². The van der Waals surface area contributed by atoms with Crippen molar-refractivity contribution in [2.45, 2.75) is 6.61 Å². The van der Waals surface area contributed by atoms with Crippen LogP contribution in [0.2, 0.25) is 0 Å². The lowest BCUT2D eigenvalue weighted by Crippen LogP contribution is -2.17. The largest absolute Gasteiger partial charge is 0.497 e. The molecule has 0 aliphatic carbocycles. The number of nitrogens with zero attached hydrogens (tertiary/aromatic N) is 1. The minimum absolute atomic E-state index is 0.304. The molecule has 1 heterocycles. The fourth-order valence-corrected chi connectivity index (χ4v) is 2.44. The van der Waals surface area contributed by atoms with Crippen LogP contribution in [0.1, 0.15) is 21.7 Å². The predicted molar refractivity (Wildman–Crippen MR) is 105 cm³/mol. The molecule has 138 valence electrons. The van der Waals surface area contributed by atoms with Gasteiger partial charge in [0.05, 0.1) is 13.3 Å². The number of hydrazone groups is 1. The van der Waals surface area contributed by atoms with E-state index in [4.69, 9.17) is 13.9 Å². The molecule has 3 aromatic rings. The molecular weight excluding hydrogens is 412 g/mol. The third-order valence-corrected chi connectivity index (χ3v) is 4.14. The van der Waals surface area contributed by atoms with E-state index in [0.29, 0.717) is 23.9 Å². The molecule has 2 aromatic carbocycles. The van der Waals surface area contributed by atoms with Crippen LogP contribution in [0.25, 0.3) is 0 Å². The number of nitrogens with one attached hydrogen (secondary N) is 1. The Labute approximate surface area is 164 Å². The quantitative estimate of drug-likeness (QED) is 0.447. The summed E-state index contributed by atoms with van der Waals surface area (Å²) in [7, 11) is 1.62. The van der Waals surface area contributed by atoms with Crippen LogP contribution in [0.15, 0.2) is 74.7 Å². The summed E-state index contributed by atoms with van der Waals surface area (Å²) >= 11 is 3.32. The van der Waals surface area contributed by atoms with Crippen LogP contribution >= 0.6 is 15.9 Å². The van der Waals surface area contributed by atoms with E-state index in [2.05, 4.69) is 26.5 Å². The first kappa shape index (κ1) is 18.7. The molecule has 1 aromatic heterocycles. The Hall–Kier alpha value is -3.06. The van der Waals surface area contributed by atoms with Gasteiger partial charge in [-0.15, -0.1) is 0 Å². The van der Waals surface area contributed by atoms with E-state index < -0.39 is 0 Å². The molecule has 0 saturated carbocycles. The molecule has 0 spiro atoms. The fourth-order valence-electron chi connectivity index (χ4n) is 2.18. The molecule has 0 unspecified atom stereocenters. The number of methoxy groups -OCH3 is 1. The Kier molecular flexibility index (Phi) is 6.27. The van der Waals surface area contributed by atoms with Crippen LogP contribution in [-0.2, 0) is 6.61 Å². The maximum absolute atomic E-state index is 12.0. The Morgan fingerprint density at radius 3 is 2.56 bits per heavy atom. The Balaban J connectivity index is 1.50. The SMILES string of the molecule is COc1ccc(COc2ccc(/C=N/NC(=O)c3ccc(Br)cc3)o2)cc1. The minimum atomic E-state index is -0.304. The normalized spacial score (nSPS) is 10.7. The van der Waals surface area contributed by atoms with Crippen molar-refractivity contribution in [3.05, 3.63) is 82.0 Å². The molecule has 0 fully saturated rings. The number of halogens is 1. The van der Waals surface area contributed by atoms with Crippen molar-refractivity contribution in [3.63, 3.8) is 0 Å². The van der Waals surface area contributed by atoms with Crippen LogP contribution in [0, 0.1) is 0 Å². The average Bonchev–Trinajstić information content (AvgIpc) is 3.15. The highest BCUT2D eigenvalue weighted by Crippen LogP contribution is 2.18. The number of ether oxygens (including phenoxy) is 2. The number of amides is 1.